The van der Waals surface area contributed by atoms with E-state index < -0.39 is 7.92 Å². The number of hydrogen-bond acceptors (Lipinski definition) is 2. The molecule has 0 aromatic heterocycles. The second kappa shape index (κ2) is 8.31. The summed E-state index contributed by atoms with van der Waals surface area (Å²) in [7, 11) is -0.510. The van der Waals surface area contributed by atoms with Gasteiger partial charge < -0.3 is 4.74 Å². The Morgan fingerprint density at radius 1 is 0.885 bits per heavy atom. The highest BCUT2D eigenvalue weighted by atomic mass is 31.1. The van der Waals surface area contributed by atoms with Gasteiger partial charge in [-0.05, 0) is 42.8 Å². The van der Waals surface area contributed by atoms with Crippen LogP contribution in [0, 0.1) is 0 Å². The molecule has 2 nitrogen and oxygen atoms in total. The maximum atomic E-state index is 5.56. The summed E-state index contributed by atoms with van der Waals surface area (Å²) in [6, 6.07) is 22.5. The molecule has 1 aliphatic carbocycles. The Bertz CT molecular complexity index is 739. The Morgan fingerprint density at radius 3 is 2.04 bits per heavy atom. The van der Waals surface area contributed by atoms with E-state index in [1.54, 1.807) is 5.57 Å². The number of ether oxygens (including phenoxy) is 1. The third-order valence-corrected chi connectivity index (χ3v) is 7.86. The minimum Gasteiger partial charge on any atom is -0.379 e. The van der Waals surface area contributed by atoms with E-state index in [2.05, 4.69) is 84.6 Å². The molecule has 0 saturated carbocycles. The monoisotopic (exact) mass is 363 g/mol. The second-order valence-electron chi connectivity index (χ2n) is 6.85. The summed E-state index contributed by atoms with van der Waals surface area (Å²) in [5.41, 5.74) is 1.59. The zero-order valence-electron chi connectivity index (χ0n) is 15.3. The first-order valence-corrected chi connectivity index (χ1v) is 10.8. The quantitative estimate of drug-likeness (QED) is 0.743. The summed E-state index contributed by atoms with van der Waals surface area (Å²) in [6.45, 7) is 6.15. The fourth-order valence-corrected chi connectivity index (χ4v) is 6.49. The number of hydrogen-bond donors (Lipinski definition) is 0. The molecule has 0 bridgehead atoms. The molecule has 3 heteroatoms. The van der Waals surface area contributed by atoms with Crippen molar-refractivity contribution in [3.63, 3.8) is 0 Å². The number of rotatable bonds is 5. The van der Waals surface area contributed by atoms with Crippen molar-refractivity contribution in [3.8, 4) is 0 Å². The first kappa shape index (κ1) is 17.7. The van der Waals surface area contributed by atoms with Crippen LogP contribution in [0.3, 0.4) is 0 Å². The van der Waals surface area contributed by atoms with E-state index in [9.17, 15) is 0 Å². The van der Waals surface area contributed by atoms with E-state index in [4.69, 9.17) is 4.74 Å². The molecule has 26 heavy (non-hydrogen) atoms. The third kappa shape index (κ3) is 3.69. The lowest BCUT2D eigenvalue weighted by Gasteiger charge is -2.34. The van der Waals surface area contributed by atoms with Gasteiger partial charge in [-0.25, -0.2) is 0 Å². The van der Waals surface area contributed by atoms with Crippen LogP contribution in [0.1, 0.15) is 13.3 Å². The van der Waals surface area contributed by atoms with Crippen LogP contribution in [0.2, 0.25) is 0 Å². The van der Waals surface area contributed by atoms with Gasteiger partial charge in [-0.1, -0.05) is 72.8 Å². The topological polar surface area (TPSA) is 12.5 Å². The third-order valence-electron chi connectivity index (χ3n) is 5.31. The molecule has 4 rings (SSSR count). The van der Waals surface area contributed by atoms with Crippen molar-refractivity contribution < 1.29 is 4.74 Å². The van der Waals surface area contributed by atoms with E-state index in [1.165, 1.54) is 15.9 Å². The van der Waals surface area contributed by atoms with Crippen LogP contribution in [-0.4, -0.2) is 37.2 Å². The van der Waals surface area contributed by atoms with Gasteiger partial charge in [-0.15, -0.1) is 0 Å². The highest BCUT2D eigenvalue weighted by Crippen LogP contribution is 2.49. The summed E-state index contributed by atoms with van der Waals surface area (Å²) in [6.07, 6.45) is 5.81. The number of benzene rings is 2. The van der Waals surface area contributed by atoms with Crippen molar-refractivity contribution in [2.75, 3.05) is 26.3 Å². The molecule has 1 atom stereocenters. The Kier molecular flexibility index (Phi) is 5.65. The number of allylic oxidation sites excluding steroid dienone is 3. The summed E-state index contributed by atoms with van der Waals surface area (Å²) >= 11 is 0. The predicted molar refractivity (Wildman–Crippen MR) is 112 cm³/mol. The highest BCUT2D eigenvalue weighted by Gasteiger charge is 2.28. The molecule has 134 valence electrons. The molecule has 2 aromatic rings. The van der Waals surface area contributed by atoms with Crippen LogP contribution in [0.4, 0.5) is 0 Å². The standard InChI is InChI=1S/C23H26NOP/c1-19(24-15-17-25-18-16-24)22-13-8-14-23(22)26(20-9-4-2-5-10-20)21-11-6-3-7-12-21/h2-12,14,19H,13,15-18H2,1H3/t19-/m1/s1. The van der Waals surface area contributed by atoms with Crippen molar-refractivity contribution in [2.45, 2.75) is 19.4 Å². The fourth-order valence-electron chi connectivity index (χ4n) is 3.88. The van der Waals surface area contributed by atoms with Gasteiger partial charge in [0.15, 0.2) is 0 Å². The second-order valence-corrected chi connectivity index (χ2v) is 9.03. The molecule has 0 N–H and O–H groups in total. The van der Waals surface area contributed by atoms with Crippen LogP contribution < -0.4 is 10.6 Å². The molecule has 2 aromatic carbocycles. The molecule has 2 aliphatic rings. The number of morpholine rings is 1. The molecule has 1 saturated heterocycles. The minimum atomic E-state index is -0.510. The van der Waals surface area contributed by atoms with Crippen molar-refractivity contribution in [2.24, 2.45) is 0 Å². The normalized spacial score (nSPS) is 19.3. The molecule has 1 heterocycles. The van der Waals surface area contributed by atoms with Gasteiger partial charge in [0.25, 0.3) is 0 Å². The lowest BCUT2D eigenvalue weighted by Crippen LogP contribution is -2.43. The Hall–Kier alpha value is -1.73. The Labute approximate surface area is 157 Å². The van der Waals surface area contributed by atoms with Gasteiger partial charge in [-0.2, -0.15) is 0 Å². The summed E-state index contributed by atoms with van der Waals surface area (Å²) in [5, 5.41) is 4.40. The molecule has 1 fully saturated rings. The minimum absolute atomic E-state index is 0.473. The van der Waals surface area contributed by atoms with Crippen LogP contribution >= 0.6 is 7.92 Å². The van der Waals surface area contributed by atoms with Crippen LogP contribution in [0.25, 0.3) is 0 Å². The summed E-state index contributed by atoms with van der Waals surface area (Å²) in [4.78, 5) is 2.58. The maximum Gasteiger partial charge on any atom is 0.0594 e. The van der Waals surface area contributed by atoms with Gasteiger partial charge in [0.05, 0.1) is 13.2 Å². The molecular weight excluding hydrogens is 337 g/mol. The smallest absolute Gasteiger partial charge is 0.0594 e. The molecule has 1 aliphatic heterocycles. The average Bonchev–Trinajstić information content (AvgIpc) is 3.19. The average molecular weight is 363 g/mol. The van der Waals surface area contributed by atoms with E-state index in [1.807, 2.05) is 0 Å². The van der Waals surface area contributed by atoms with E-state index in [0.717, 1.165) is 32.7 Å². The van der Waals surface area contributed by atoms with Crippen LogP contribution in [0.15, 0.2) is 83.7 Å². The maximum absolute atomic E-state index is 5.56. The largest absolute Gasteiger partial charge is 0.379 e. The molecule has 0 radical (unpaired) electrons. The van der Waals surface area contributed by atoms with Gasteiger partial charge in [-0.3, -0.25) is 4.90 Å². The summed E-state index contributed by atoms with van der Waals surface area (Å²) < 4.78 is 5.56. The van der Waals surface area contributed by atoms with Gasteiger partial charge in [0.2, 0.25) is 0 Å². The van der Waals surface area contributed by atoms with Gasteiger partial charge in [0, 0.05) is 19.1 Å². The highest BCUT2D eigenvalue weighted by molar-refractivity contribution is 7.77. The van der Waals surface area contributed by atoms with Crippen LogP contribution in [0.5, 0.6) is 0 Å². The molecule has 0 amide bonds. The van der Waals surface area contributed by atoms with E-state index in [-0.39, 0.29) is 0 Å². The summed E-state index contributed by atoms with van der Waals surface area (Å²) in [5.74, 6) is 0. The first-order valence-electron chi connectivity index (χ1n) is 9.46. The number of nitrogens with zero attached hydrogens (tertiary/aromatic N) is 1. The Balaban J connectivity index is 1.75. The van der Waals surface area contributed by atoms with Crippen molar-refractivity contribution in [3.05, 3.63) is 83.7 Å². The van der Waals surface area contributed by atoms with E-state index >= 15 is 0 Å². The van der Waals surface area contributed by atoms with Crippen LogP contribution in [-0.2, 0) is 4.74 Å². The lowest BCUT2D eigenvalue weighted by atomic mass is 10.1. The van der Waals surface area contributed by atoms with Gasteiger partial charge in [0.1, 0.15) is 0 Å². The van der Waals surface area contributed by atoms with E-state index in [0.29, 0.717) is 6.04 Å². The lowest BCUT2D eigenvalue weighted by molar-refractivity contribution is 0.0265. The van der Waals surface area contributed by atoms with Crippen molar-refractivity contribution in [1.82, 2.24) is 4.90 Å². The van der Waals surface area contributed by atoms with Gasteiger partial charge >= 0.3 is 0 Å². The predicted octanol–water partition coefficient (Wildman–Crippen LogP) is 4.05. The molecular formula is C23H26NOP. The van der Waals surface area contributed by atoms with Crippen molar-refractivity contribution in [1.29, 1.82) is 0 Å². The zero-order chi connectivity index (χ0) is 17.8. The first-order chi connectivity index (χ1) is 12.8. The Morgan fingerprint density at radius 2 is 1.46 bits per heavy atom. The fraction of sp³-hybridized carbons (Fsp3) is 0.304. The molecule has 0 spiro atoms. The zero-order valence-corrected chi connectivity index (χ0v) is 16.2. The molecule has 0 unspecified atom stereocenters. The van der Waals surface area contributed by atoms with Crippen molar-refractivity contribution >= 4 is 18.5 Å². The SMILES string of the molecule is C[C@H](C1=C(P(c2ccccc2)c2ccccc2)C=CC1)N1CCOCC1.